The number of hydrogen-bond acceptors (Lipinski definition) is 6. The first-order chi connectivity index (χ1) is 15.2. The van der Waals surface area contributed by atoms with E-state index in [2.05, 4.69) is 5.32 Å². The van der Waals surface area contributed by atoms with Crippen LogP contribution in [0, 0.1) is 5.92 Å². The molecule has 0 aromatic heterocycles. The van der Waals surface area contributed by atoms with Crippen molar-refractivity contribution in [2.24, 2.45) is 5.92 Å². The van der Waals surface area contributed by atoms with Crippen LogP contribution in [0.4, 0.5) is 4.79 Å². The van der Waals surface area contributed by atoms with E-state index in [4.69, 9.17) is 14.2 Å². The van der Waals surface area contributed by atoms with Gasteiger partial charge in [0.25, 0.3) is 5.91 Å². The molecular formula is C25H38N2O6. The van der Waals surface area contributed by atoms with Gasteiger partial charge in [-0.1, -0.05) is 44.2 Å². The van der Waals surface area contributed by atoms with Crippen molar-refractivity contribution in [2.45, 2.75) is 90.8 Å². The van der Waals surface area contributed by atoms with Crippen LogP contribution >= 0.6 is 0 Å². The molecule has 0 bridgehead atoms. The second-order valence-corrected chi connectivity index (χ2v) is 10.3. The molecule has 184 valence electrons. The first kappa shape index (κ1) is 26.6. The number of carbonyl (C=O) groups is 3. The topological polar surface area (TPSA) is 94.2 Å². The van der Waals surface area contributed by atoms with Crippen molar-refractivity contribution < 1.29 is 28.6 Å². The molecule has 1 aliphatic rings. The van der Waals surface area contributed by atoms with Crippen LogP contribution in [0.1, 0.15) is 60.5 Å². The molecule has 1 fully saturated rings. The number of esters is 1. The molecule has 0 saturated carbocycles. The minimum Gasteiger partial charge on any atom is -0.467 e. The van der Waals surface area contributed by atoms with Gasteiger partial charge in [-0.25, -0.2) is 9.59 Å². The third-order valence-electron chi connectivity index (χ3n) is 5.32. The fourth-order valence-corrected chi connectivity index (χ4v) is 4.01. The number of ether oxygens (including phenoxy) is 3. The van der Waals surface area contributed by atoms with Gasteiger partial charge in [0.1, 0.15) is 17.4 Å². The van der Waals surface area contributed by atoms with Gasteiger partial charge in [-0.15, -0.1) is 0 Å². The minimum absolute atomic E-state index is 0.161. The van der Waals surface area contributed by atoms with E-state index < -0.39 is 47.5 Å². The molecule has 2 amide bonds. The van der Waals surface area contributed by atoms with E-state index in [1.54, 1.807) is 34.6 Å². The smallest absolute Gasteiger partial charge is 0.412 e. The zero-order valence-electron chi connectivity index (χ0n) is 21.0. The lowest BCUT2D eigenvalue weighted by atomic mass is 9.98. The summed E-state index contributed by atoms with van der Waals surface area (Å²) in [6, 6.07) is 8.14. The van der Waals surface area contributed by atoms with Gasteiger partial charge in [-0.3, -0.25) is 9.69 Å². The van der Waals surface area contributed by atoms with Crippen molar-refractivity contribution in [3.05, 3.63) is 35.9 Å². The quantitative estimate of drug-likeness (QED) is 0.622. The Labute approximate surface area is 196 Å². The second-order valence-electron chi connectivity index (χ2n) is 10.3. The summed E-state index contributed by atoms with van der Waals surface area (Å²) in [5.74, 6) is -0.822. The molecule has 1 aromatic carbocycles. The molecule has 1 saturated heterocycles. The summed E-state index contributed by atoms with van der Waals surface area (Å²) in [4.78, 5) is 40.3. The van der Waals surface area contributed by atoms with E-state index in [0.717, 1.165) is 5.56 Å². The summed E-state index contributed by atoms with van der Waals surface area (Å²) in [6.07, 6.45) is -0.745. The van der Waals surface area contributed by atoms with Gasteiger partial charge in [0.05, 0.1) is 13.2 Å². The number of methoxy groups -OCH3 is 1. The Kier molecular flexibility index (Phi) is 8.52. The highest BCUT2D eigenvalue weighted by Gasteiger charge is 2.54. The van der Waals surface area contributed by atoms with E-state index in [1.807, 2.05) is 44.2 Å². The third-order valence-corrected chi connectivity index (χ3v) is 5.32. The lowest BCUT2D eigenvalue weighted by molar-refractivity contribution is -0.148. The van der Waals surface area contributed by atoms with Gasteiger partial charge in [0, 0.05) is 0 Å². The Bertz CT molecular complexity index is 831. The van der Waals surface area contributed by atoms with Crippen LogP contribution in [-0.2, 0) is 30.2 Å². The van der Waals surface area contributed by atoms with Gasteiger partial charge >= 0.3 is 12.1 Å². The third kappa shape index (κ3) is 7.19. The van der Waals surface area contributed by atoms with E-state index in [-0.39, 0.29) is 5.92 Å². The molecule has 1 aromatic rings. The molecule has 1 heterocycles. The first-order valence-corrected chi connectivity index (χ1v) is 11.4. The molecule has 1 aliphatic heterocycles. The average molecular weight is 463 g/mol. The minimum atomic E-state index is -1.09. The van der Waals surface area contributed by atoms with E-state index in [0.29, 0.717) is 12.8 Å². The van der Waals surface area contributed by atoms with E-state index in [9.17, 15) is 14.4 Å². The number of rotatable bonds is 7. The maximum absolute atomic E-state index is 13.4. The predicted octanol–water partition coefficient (Wildman–Crippen LogP) is 3.67. The highest BCUT2D eigenvalue weighted by atomic mass is 16.6. The summed E-state index contributed by atoms with van der Waals surface area (Å²) in [7, 11) is 1.29. The second kappa shape index (κ2) is 10.5. The van der Waals surface area contributed by atoms with E-state index >= 15 is 0 Å². The monoisotopic (exact) mass is 462 g/mol. The zero-order valence-corrected chi connectivity index (χ0v) is 21.0. The standard InChI is InChI=1S/C25H38N2O6/c1-16(2)14-18(22(29)31-8)26-21(28)20-19(15-17-12-10-9-11-13-17)27(25(6,7)32-20)23(30)33-24(3,4)5/h9-13,16,18-20H,14-15H2,1-8H3,(H,26,28)/t18-,19+,20-/m0/s1. The molecule has 33 heavy (non-hydrogen) atoms. The van der Waals surface area contributed by atoms with Crippen molar-refractivity contribution in [1.82, 2.24) is 10.2 Å². The van der Waals surface area contributed by atoms with Crippen LogP contribution in [0.15, 0.2) is 30.3 Å². The van der Waals surface area contributed by atoms with Gasteiger partial charge in [0.2, 0.25) is 0 Å². The number of amides is 2. The normalized spacial score (nSPS) is 20.9. The van der Waals surface area contributed by atoms with Gasteiger partial charge in [0.15, 0.2) is 6.10 Å². The number of carbonyl (C=O) groups excluding carboxylic acids is 3. The number of nitrogens with one attached hydrogen (secondary N) is 1. The van der Waals surface area contributed by atoms with Crippen LogP contribution in [0.3, 0.4) is 0 Å². The average Bonchev–Trinajstić information content (AvgIpc) is 2.96. The van der Waals surface area contributed by atoms with Crippen LogP contribution in [0.25, 0.3) is 0 Å². The lowest BCUT2D eigenvalue weighted by Crippen LogP contribution is -2.53. The SMILES string of the molecule is COC(=O)[C@H](CC(C)C)NC(=O)[C@H]1OC(C)(C)N(C(=O)OC(C)(C)C)[C@@H]1Cc1ccccc1. The van der Waals surface area contributed by atoms with Crippen LogP contribution in [0.5, 0.6) is 0 Å². The molecule has 3 atom stereocenters. The van der Waals surface area contributed by atoms with Gasteiger partial charge < -0.3 is 19.5 Å². The molecular weight excluding hydrogens is 424 g/mol. The maximum atomic E-state index is 13.4. The Morgan fingerprint density at radius 3 is 2.27 bits per heavy atom. The van der Waals surface area contributed by atoms with Crippen molar-refractivity contribution in [2.75, 3.05) is 7.11 Å². The van der Waals surface area contributed by atoms with E-state index in [1.165, 1.54) is 12.0 Å². The lowest BCUT2D eigenvalue weighted by Gasteiger charge is -2.35. The molecule has 8 nitrogen and oxygen atoms in total. The van der Waals surface area contributed by atoms with Crippen LogP contribution in [0.2, 0.25) is 0 Å². The number of nitrogens with zero attached hydrogens (tertiary/aromatic N) is 1. The van der Waals surface area contributed by atoms with Crippen molar-refractivity contribution >= 4 is 18.0 Å². The van der Waals surface area contributed by atoms with Crippen LogP contribution in [-0.4, -0.2) is 59.5 Å². The number of benzene rings is 1. The Morgan fingerprint density at radius 2 is 1.76 bits per heavy atom. The molecule has 0 spiro atoms. The summed E-state index contributed by atoms with van der Waals surface area (Å²) in [6.45, 7) is 12.7. The van der Waals surface area contributed by atoms with Gasteiger partial charge in [-0.2, -0.15) is 0 Å². The Balaban J connectivity index is 2.38. The molecule has 1 N–H and O–H groups in total. The molecule has 0 aliphatic carbocycles. The highest BCUT2D eigenvalue weighted by molar-refractivity contribution is 5.88. The highest BCUT2D eigenvalue weighted by Crippen LogP contribution is 2.35. The largest absolute Gasteiger partial charge is 0.467 e. The predicted molar refractivity (Wildman–Crippen MR) is 124 cm³/mol. The number of hydrogen-bond donors (Lipinski definition) is 1. The van der Waals surface area contributed by atoms with Crippen LogP contribution < -0.4 is 5.32 Å². The summed E-state index contributed by atoms with van der Waals surface area (Å²) in [5.41, 5.74) is -0.859. The summed E-state index contributed by atoms with van der Waals surface area (Å²) in [5, 5.41) is 2.79. The molecule has 0 unspecified atom stereocenters. The van der Waals surface area contributed by atoms with Crippen molar-refractivity contribution in [3.63, 3.8) is 0 Å². The fraction of sp³-hybridized carbons (Fsp3) is 0.640. The van der Waals surface area contributed by atoms with Crippen molar-refractivity contribution in [1.29, 1.82) is 0 Å². The van der Waals surface area contributed by atoms with Crippen molar-refractivity contribution in [3.8, 4) is 0 Å². The molecule has 2 rings (SSSR count). The Morgan fingerprint density at radius 1 is 1.15 bits per heavy atom. The van der Waals surface area contributed by atoms with Gasteiger partial charge in [-0.05, 0) is 58.9 Å². The zero-order chi connectivity index (χ0) is 25.0. The first-order valence-electron chi connectivity index (χ1n) is 11.4. The maximum Gasteiger partial charge on any atom is 0.412 e. The molecule has 8 heteroatoms. The Hall–Kier alpha value is -2.61. The summed E-state index contributed by atoms with van der Waals surface area (Å²) >= 11 is 0. The molecule has 0 radical (unpaired) electrons. The summed E-state index contributed by atoms with van der Waals surface area (Å²) < 4.78 is 16.6. The fourth-order valence-electron chi connectivity index (χ4n) is 4.01.